The summed E-state index contributed by atoms with van der Waals surface area (Å²) in [6.07, 6.45) is 1.04. The minimum absolute atomic E-state index is 0.0920. The molecule has 4 amide bonds. The van der Waals surface area contributed by atoms with E-state index in [1.54, 1.807) is 36.4 Å². The Morgan fingerprint density at radius 1 is 0.529 bits per heavy atom. The van der Waals surface area contributed by atoms with E-state index >= 15 is 0 Å². The van der Waals surface area contributed by atoms with Gasteiger partial charge in [-0.25, -0.2) is 0 Å². The fourth-order valence-corrected chi connectivity index (χ4v) is 7.72. The summed E-state index contributed by atoms with van der Waals surface area (Å²) >= 11 is 30.9. The molecule has 0 bridgehead atoms. The normalized spacial score (nSPS) is 12.0. The van der Waals surface area contributed by atoms with Crippen LogP contribution in [0.5, 0.6) is 11.5 Å². The molecule has 0 fully saturated rings. The highest BCUT2D eigenvalue weighted by Gasteiger charge is 2.26. The lowest BCUT2D eigenvalue weighted by molar-refractivity contribution is -0.127. The summed E-state index contributed by atoms with van der Waals surface area (Å²) in [5.74, 6) is -2.14. The molecule has 0 spiro atoms. The van der Waals surface area contributed by atoms with Gasteiger partial charge in [0.1, 0.15) is 11.5 Å². The fourth-order valence-electron chi connectivity index (χ4n) is 6.64. The number of aryl methyl sites for hydroxylation is 2. The minimum atomic E-state index is -1.62. The van der Waals surface area contributed by atoms with E-state index in [1.165, 1.54) is 54.6 Å². The van der Waals surface area contributed by atoms with Crippen molar-refractivity contribution in [2.45, 2.75) is 58.5 Å². The van der Waals surface area contributed by atoms with Crippen LogP contribution < -0.4 is 30.7 Å². The first-order valence-electron chi connectivity index (χ1n) is 21.6. The Balaban J connectivity index is 1.25. The number of ketones is 2. The molecule has 5 aromatic carbocycles. The average molecular weight is 1050 g/mol. The molecule has 4 N–H and O–H groups in total. The van der Waals surface area contributed by atoms with Gasteiger partial charge in [0.2, 0.25) is 12.1 Å². The van der Waals surface area contributed by atoms with E-state index in [2.05, 4.69) is 41.7 Å². The van der Waals surface area contributed by atoms with Crippen molar-refractivity contribution < 1.29 is 38.2 Å². The van der Waals surface area contributed by atoms with Crippen LogP contribution in [0, 0.1) is 0 Å². The largest absolute Gasteiger partial charge is 0.494 e. The van der Waals surface area contributed by atoms with Gasteiger partial charge in [-0.2, -0.15) is 20.5 Å². The lowest BCUT2D eigenvalue weighted by atomic mass is 10.1. The number of nitrogens with zero attached hydrogens (tertiary/aromatic N) is 4. The van der Waals surface area contributed by atoms with Gasteiger partial charge in [-0.1, -0.05) is 23.2 Å². The molecule has 0 saturated heterocycles. The lowest BCUT2D eigenvalue weighted by Crippen LogP contribution is -2.32. The fraction of sp³-hybridized carbons (Fsp3) is 0.265. The Hall–Kier alpha value is -6.43. The summed E-state index contributed by atoms with van der Waals surface area (Å²) < 4.78 is 11.3. The van der Waals surface area contributed by atoms with Gasteiger partial charge in [0.25, 0.3) is 23.6 Å². The SMILES string of the molecule is CCOc1ccc(NC(=O)c2cc(Cl)cc(N=NC(C(C)=O)C(=O)Nc3ccc(NC(=O)C(N=Nc4cc(Cl)cc(C(=O)Nc5ccc(OCC)c(CCCl)c5)c4)C(C)=O)c(CCl)c3)c2)cc1CCCl. The van der Waals surface area contributed by atoms with Crippen LogP contribution in [-0.2, 0) is 37.9 Å². The Labute approximate surface area is 428 Å². The van der Waals surface area contributed by atoms with Crippen molar-refractivity contribution >= 4 is 127 Å². The van der Waals surface area contributed by atoms with Crippen LogP contribution in [-0.4, -0.2) is 72.3 Å². The Morgan fingerprint density at radius 2 is 0.943 bits per heavy atom. The highest BCUT2D eigenvalue weighted by molar-refractivity contribution is 6.32. The molecule has 0 aliphatic rings. The zero-order valence-electron chi connectivity index (χ0n) is 38.2. The lowest BCUT2D eigenvalue weighted by Gasteiger charge is -2.15. The molecule has 70 heavy (non-hydrogen) atoms. The number of Topliss-reactive ketones (excluding diaryl/α,β-unsaturated/α-hetero) is 2. The number of alkyl halides is 3. The van der Waals surface area contributed by atoms with Gasteiger partial charge >= 0.3 is 0 Å². The number of nitrogens with one attached hydrogen (secondary N) is 4. The van der Waals surface area contributed by atoms with Crippen LogP contribution in [0.25, 0.3) is 0 Å². The Kier molecular flexibility index (Phi) is 20.7. The smallest absolute Gasteiger partial charge is 0.258 e. The second kappa shape index (κ2) is 26.5. The number of amides is 4. The van der Waals surface area contributed by atoms with Gasteiger partial charge in [0.05, 0.1) is 24.6 Å². The predicted octanol–water partition coefficient (Wildman–Crippen LogP) is 12.0. The number of hydrogen-bond acceptors (Lipinski definition) is 12. The van der Waals surface area contributed by atoms with E-state index in [9.17, 15) is 28.8 Å². The van der Waals surface area contributed by atoms with Gasteiger partial charge in [-0.3, -0.25) is 28.8 Å². The van der Waals surface area contributed by atoms with Crippen molar-refractivity contribution in [2.75, 3.05) is 46.2 Å². The monoisotopic (exact) mass is 1050 g/mol. The van der Waals surface area contributed by atoms with Gasteiger partial charge in [0, 0.05) is 61.6 Å². The molecule has 21 heteroatoms. The van der Waals surface area contributed by atoms with E-state index in [4.69, 9.17) is 67.5 Å². The number of carbonyl (C=O) groups excluding carboxylic acids is 6. The number of rotatable bonds is 23. The maximum absolute atomic E-state index is 13.5. The highest BCUT2D eigenvalue weighted by Crippen LogP contribution is 2.30. The van der Waals surface area contributed by atoms with Crippen molar-refractivity contribution in [1.29, 1.82) is 0 Å². The summed E-state index contributed by atoms with van der Waals surface area (Å²) in [4.78, 5) is 78.8. The first-order chi connectivity index (χ1) is 33.5. The molecule has 2 unspecified atom stereocenters. The summed E-state index contributed by atoms with van der Waals surface area (Å²) in [5, 5.41) is 27.2. The van der Waals surface area contributed by atoms with E-state index in [0.717, 1.165) is 25.0 Å². The molecule has 16 nitrogen and oxygen atoms in total. The van der Waals surface area contributed by atoms with E-state index in [0.29, 0.717) is 66.3 Å². The third-order valence-corrected chi connectivity index (χ3v) is 11.0. The third kappa shape index (κ3) is 15.5. The maximum atomic E-state index is 13.5. The molecule has 2 atom stereocenters. The summed E-state index contributed by atoms with van der Waals surface area (Å²) in [6.45, 7) is 6.97. The summed E-state index contributed by atoms with van der Waals surface area (Å²) in [6, 6.07) is 19.9. The Morgan fingerprint density at radius 3 is 1.36 bits per heavy atom. The van der Waals surface area contributed by atoms with Gasteiger partial charge < -0.3 is 30.7 Å². The molecule has 0 aliphatic heterocycles. The standard InChI is InChI=1S/C49H47Cl5N8O8/c1-5-69-42-11-8-37(19-29(42)13-15-50)55-46(65)31-17-34(53)24-39(21-31)59-61-44(27(3)63)48(67)57-36-7-10-41(33(23-36)26-52)58-49(68)45(28(4)64)62-60-40-22-32(18-35(54)25-40)47(66)56-38-9-12-43(70-6-2)30(20-38)14-16-51/h7-12,17-25,44-45H,5-6,13-16,26H2,1-4H3,(H,55,65)(H,56,66)(H,57,67)(H,58,68). The number of anilines is 4. The number of carbonyl (C=O) groups is 6. The maximum Gasteiger partial charge on any atom is 0.258 e. The van der Waals surface area contributed by atoms with Crippen molar-refractivity contribution in [2.24, 2.45) is 20.5 Å². The van der Waals surface area contributed by atoms with Crippen LogP contribution in [0.3, 0.4) is 0 Å². The zero-order valence-corrected chi connectivity index (χ0v) is 42.0. The molecule has 0 aliphatic carbocycles. The summed E-state index contributed by atoms with van der Waals surface area (Å²) in [7, 11) is 0. The van der Waals surface area contributed by atoms with E-state index in [1.807, 2.05) is 13.8 Å². The van der Waals surface area contributed by atoms with E-state index in [-0.39, 0.29) is 49.8 Å². The number of azo groups is 2. The van der Waals surface area contributed by atoms with Crippen molar-refractivity contribution in [1.82, 2.24) is 0 Å². The number of hydrogen-bond donors (Lipinski definition) is 4. The third-order valence-electron chi connectivity index (χ3n) is 9.87. The van der Waals surface area contributed by atoms with Crippen molar-refractivity contribution in [3.05, 3.63) is 129 Å². The first kappa shape index (κ1) is 54.5. The second-order valence-corrected chi connectivity index (χ2v) is 17.0. The van der Waals surface area contributed by atoms with Gasteiger partial charge in [0.15, 0.2) is 11.6 Å². The molecular weight excluding hydrogens is 1010 g/mol. The minimum Gasteiger partial charge on any atom is -0.494 e. The van der Waals surface area contributed by atoms with Crippen LogP contribution in [0.4, 0.5) is 34.1 Å². The molecule has 0 saturated carbocycles. The second-order valence-electron chi connectivity index (χ2n) is 15.1. The molecule has 5 aromatic rings. The van der Waals surface area contributed by atoms with E-state index < -0.39 is 47.3 Å². The average Bonchev–Trinajstić information content (AvgIpc) is 3.31. The zero-order chi connectivity index (χ0) is 50.9. The summed E-state index contributed by atoms with van der Waals surface area (Å²) in [5.41, 5.74) is 3.77. The topological polar surface area (TPSA) is 218 Å². The number of benzene rings is 5. The number of halogens is 5. The van der Waals surface area contributed by atoms with Crippen LogP contribution in [0.2, 0.25) is 10.0 Å². The van der Waals surface area contributed by atoms with Crippen LogP contribution >= 0.6 is 58.0 Å². The van der Waals surface area contributed by atoms with Crippen molar-refractivity contribution in [3.63, 3.8) is 0 Å². The van der Waals surface area contributed by atoms with Crippen LogP contribution in [0.1, 0.15) is 65.1 Å². The number of ether oxygens (including phenoxy) is 2. The van der Waals surface area contributed by atoms with Gasteiger partial charge in [-0.05, 0) is 148 Å². The molecular formula is C49H47Cl5N8O8. The molecule has 366 valence electrons. The molecule has 5 rings (SSSR count). The quantitative estimate of drug-likeness (QED) is 0.0279. The van der Waals surface area contributed by atoms with Crippen molar-refractivity contribution in [3.8, 4) is 11.5 Å². The molecule has 0 heterocycles. The highest BCUT2D eigenvalue weighted by atomic mass is 35.5. The van der Waals surface area contributed by atoms with Gasteiger partial charge in [-0.15, -0.1) is 34.8 Å². The molecule has 0 radical (unpaired) electrons. The molecule has 0 aromatic heterocycles. The van der Waals surface area contributed by atoms with Crippen LogP contribution in [0.15, 0.2) is 111 Å². The first-order valence-corrected chi connectivity index (χ1v) is 23.9. The Bertz CT molecular complexity index is 2830. The predicted molar refractivity (Wildman–Crippen MR) is 274 cm³/mol.